The Morgan fingerprint density at radius 3 is 2.39 bits per heavy atom. The van der Waals surface area contributed by atoms with E-state index in [-0.39, 0.29) is 5.92 Å². The summed E-state index contributed by atoms with van der Waals surface area (Å²) >= 11 is 0. The number of hydrogen-bond donors (Lipinski definition) is 1. The van der Waals surface area contributed by atoms with Crippen LogP contribution in [0.25, 0.3) is 0 Å². The highest BCUT2D eigenvalue weighted by Gasteiger charge is 2.11. The molecule has 0 saturated carbocycles. The topological polar surface area (TPSA) is 72.8 Å². The maximum absolute atomic E-state index is 10.1. The van der Waals surface area contributed by atoms with E-state index in [4.69, 9.17) is 14.6 Å². The van der Waals surface area contributed by atoms with Gasteiger partial charge in [0.15, 0.2) is 0 Å². The Hall–Kier alpha value is -1.04. The normalized spacial score (nSPS) is 22.3. The molecule has 0 amide bonds. The molecule has 1 unspecified atom stereocenters. The summed E-state index contributed by atoms with van der Waals surface area (Å²) in [6.45, 7) is 2.74. The van der Waals surface area contributed by atoms with Gasteiger partial charge < -0.3 is 19.4 Å². The average Bonchev–Trinajstić information content (AvgIpc) is 2.51. The Kier molecular flexibility index (Phi) is 11.7. The second-order valence-corrected chi connectivity index (χ2v) is 3.85. The van der Waals surface area contributed by atoms with E-state index < -0.39 is 0 Å². The molecular weight excluding hydrogens is 236 g/mol. The van der Waals surface area contributed by atoms with Gasteiger partial charge in [0.05, 0.1) is 19.8 Å². The van der Waals surface area contributed by atoms with Gasteiger partial charge in [0.25, 0.3) is 0 Å². The minimum absolute atomic E-state index is 0.184. The highest BCUT2D eigenvalue weighted by molar-refractivity contribution is 5.73. The lowest BCUT2D eigenvalue weighted by Gasteiger charge is -2.15. The van der Waals surface area contributed by atoms with E-state index in [2.05, 4.69) is 0 Å². The number of aldehydes is 2. The zero-order valence-corrected chi connectivity index (χ0v) is 10.8. The van der Waals surface area contributed by atoms with Crippen molar-refractivity contribution >= 4 is 12.6 Å². The molecular formula is C13H22O5. The number of carbonyl (C=O) groups excluding carboxylic acids is 2. The lowest BCUT2D eigenvalue weighted by atomic mass is 10.1. The average molecular weight is 258 g/mol. The summed E-state index contributed by atoms with van der Waals surface area (Å²) in [5.74, 6) is 0.184. The molecule has 1 N–H and O–H groups in total. The van der Waals surface area contributed by atoms with Gasteiger partial charge in [0, 0.05) is 25.2 Å². The van der Waals surface area contributed by atoms with Crippen LogP contribution in [0, 0.1) is 5.92 Å². The van der Waals surface area contributed by atoms with Crippen LogP contribution in [-0.2, 0) is 19.1 Å². The van der Waals surface area contributed by atoms with Gasteiger partial charge in [0.1, 0.15) is 12.6 Å². The molecule has 2 heterocycles. The van der Waals surface area contributed by atoms with Crippen molar-refractivity contribution in [2.75, 3.05) is 33.5 Å². The van der Waals surface area contributed by atoms with Gasteiger partial charge in [-0.25, -0.2) is 0 Å². The molecule has 2 aliphatic heterocycles. The smallest absolute Gasteiger partial charge is 0.148 e. The lowest BCUT2D eigenvalue weighted by Crippen LogP contribution is -2.17. The first-order chi connectivity index (χ1) is 8.86. The maximum Gasteiger partial charge on any atom is 0.148 e. The van der Waals surface area contributed by atoms with E-state index in [1.54, 1.807) is 0 Å². The first kappa shape index (κ1) is 17.0. The number of aliphatic hydroxyl groups excluding tert-OH is 1. The van der Waals surface area contributed by atoms with Gasteiger partial charge in [-0.3, -0.25) is 4.79 Å². The van der Waals surface area contributed by atoms with E-state index in [9.17, 15) is 9.59 Å². The summed E-state index contributed by atoms with van der Waals surface area (Å²) in [6, 6.07) is 0. The van der Waals surface area contributed by atoms with Gasteiger partial charge in [-0.05, 0) is 19.3 Å². The highest BCUT2D eigenvalue weighted by Crippen LogP contribution is 2.09. The van der Waals surface area contributed by atoms with Gasteiger partial charge in [-0.15, -0.1) is 0 Å². The van der Waals surface area contributed by atoms with Crippen molar-refractivity contribution in [3.05, 3.63) is 11.6 Å². The molecule has 0 bridgehead atoms. The standard InChI is InChI=1S/C6H10O2.C6H8O2.CH4O/c2*7-4-6-2-1-3-8-5-6;1-2/h4,6H,1-3,5H2;2,4H,1,3,5H2;2H,1H3. The van der Waals surface area contributed by atoms with Crippen LogP contribution in [0.1, 0.15) is 19.3 Å². The molecule has 0 aliphatic carbocycles. The molecule has 0 aromatic heterocycles. The highest BCUT2D eigenvalue weighted by atomic mass is 16.5. The second-order valence-electron chi connectivity index (χ2n) is 3.85. The molecule has 0 aromatic rings. The fourth-order valence-electron chi connectivity index (χ4n) is 1.53. The Bertz CT molecular complexity index is 244. The van der Waals surface area contributed by atoms with Crippen LogP contribution < -0.4 is 0 Å². The third kappa shape index (κ3) is 8.11. The molecule has 2 rings (SSSR count). The molecule has 104 valence electrons. The summed E-state index contributed by atoms with van der Waals surface area (Å²) in [6.07, 6.45) is 6.69. The molecule has 1 fully saturated rings. The van der Waals surface area contributed by atoms with Gasteiger partial charge in [-0.2, -0.15) is 0 Å². The lowest BCUT2D eigenvalue weighted by molar-refractivity contribution is -0.114. The van der Waals surface area contributed by atoms with Crippen molar-refractivity contribution in [2.45, 2.75) is 19.3 Å². The summed E-state index contributed by atoms with van der Waals surface area (Å²) in [5.41, 5.74) is 0.774. The molecule has 0 radical (unpaired) electrons. The van der Waals surface area contributed by atoms with E-state index in [0.29, 0.717) is 13.2 Å². The molecule has 0 spiro atoms. The van der Waals surface area contributed by atoms with Crippen LogP contribution in [0.5, 0.6) is 0 Å². The summed E-state index contributed by atoms with van der Waals surface area (Å²) < 4.78 is 10.0. The fourth-order valence-corrected chi connectivity index (χ4v) is 1.53. The minimum atomic E-state index is 0.184. The summed E-state index contributed by atoms with van der Waals surface area (Å²) in [5, 5.41) is 7.00. The number of ether oxygens (including phenoxy) is 2. The largest absolute Gasteiger partial charge is 0.400 e. The quantitative estimate of drug-likeness (QED) is 0.740. The molecule has 1 saturated heterocycles. The second kappa shape index (κ2) is 12.4. The van der Waals surface area contributed by atoms with Gasteiger partial charge in [0.2, 0.25) is 0 Å². The zero-order chi connectivity index (χ0) is 13.6. The molecule has 18 heavy (non-hydrogen) atoms. The number of rotatable bonds is 2. The van der Waals surface area contributed by atoms with Crippen molar-refractivity contribution in [3.8, 4) is 0 Å². The molecule has 2 aliphatic rings. The number of aliphatic hydroxyl groups is 1. The Morgan fingerprint density at radius 2 is 2.06 bits per heavy atom. The van der Waals surface area contributed by atoms with E-state index in [0.717, 1.165) is 57.7 Å². The van der Waals surface area contributed by atoms with Crippen molar-refractivity contribution in [1.82, 2.24) is 0 Å². The maximum atomic E-state index is 10.1. The summed E-state index contributed by atoms with van der Waals surface area (Å²) in [4.78, 5) is 20.1. The Balaban J connectivity index is 0.000000283. The van der Waals surface area contributed by atoms with Crippen LogP contribution in [-0.4, -0.2) is 51.2 Å². The van der Waals surface area contributed by atoms with Crippen molar-refractivity contribution in [2.24, 2.45) is 5.92 Å². The third-order valence-electron chi connectivity index (χ3n) is 2.48. The van der Waals surface area contributed by atoms with Crippen LogP contribution in [0.2, 0.25) is 0 Å². The predicted molar refractivity (Wildman–Crippen MR) is 67.3 cm³/mol. The monoisotopic (exact) mass is 258 g/mol. The molecule has 5 nitrogen and oxygen atoms in total. The Morgan fingerprint density at radius 1 is 1.28 bits per heavy atom. The number of hydrogen-bond acceptors (Lipinski definition) is 5. The molecule has 5 heteroatoms. The van der Waals surface area contributed by atoms with Gasteiger partial charge >= 0.3 is 0 Å². The fraction of sp³-hybridized carbons (Fsp3) is 0.692. The van der Waals surface area contributed by atoms with Crippen molar-refractivity contribution in [3.63, 3.8) is 0 Å². The van der Waals surface area contributed by atoms with Crippen molar-refractivity contribution in [1.29, 1.82) is 0 Å². The number of carbonyl (C=O) groups is 2. The minimum Gasteiger partial charge on any atom is -0.400 e. The zero-order valence-electron chi connectivity index (χ0n) is 10.8. The van der Waals surface area contributed by atoms with E-state index in [1.807, 2.05) is 6.08 Å². The Labute approximate surface area is 108 Å². The summed E-state index contributed by atoms with van der Waals surface area (Å²) in [7, 11) is 1.00. The van der Waals surface area contributed by atoms with Crippen LogP contribution >= 0.6 is 0 Å². The van der Waals surface area contributed by atoms with Crippen molar-refractivity contribution < 1.29 is 24.2 Å². The predicted octanol–water partition coefficient (Wildman–Crippen LogP) is 0.752. The first-order valence-corrected chi connectivity index (χ1v) is 6.06. The van der Waals surface area contributed by atoms with Gasteiger partial charge in [-0.1, -0.05) is 6.08 Å². The first-order valence-electron chi connectivity index (χ1n) is 6.06. The van der Waals surface area contributed by atoms with E-state index >= 15 is 0 Å². The van der Waals surface area contributed by atoms with Crippen LogP contribution in [0.3, 0.4) is 0 Å². The molecule has 0 aromatic carbocycles. The van der Waals surface area contributed by atoms with Crippen LogP contribution in [0.4, 0.5) is 0 Å². The van der Waals surface area contributed by atoms with E-state index in [1.165, 1.54) is 0 Å². The third-order valence-corrected chi connectivity index (χ3v) is 2.48. The SMILES string of the molecule is CO.O=CC1=CCCOC1.O=CC1CCCOC1. The molecule has 1 atom stereocenters. The van der Waals surface area contributed by atoms with Crippen LogP contribution in [0.15, 0.2) is 11.6 Å².